The number of sulfonamides is 1. The first-order valence-electron chi connectivity index (χ1n) is 7.71. The lowest BCUT2D eigenvalue weighted by atomic mass is 10.2. The highest BCUT2D eigenvalue weighted by Gasteiger charge is 2.18. The molecule has 9 nitrogen and oxygen atoms in total. The highest BCUT2D eigenvalue weighted by Crippen LogP contribution is 2.21. The molecule has 0 saturated heterocycles. The second-order valence-electron chi connectivity index (χ2n) is 5.43. The molecule has 0 aliphatic carbocycles. The molecule has 0 saturated carbocycles. The minimum atomic E-state index is -4.00. The zero-order chi connectivity index (χ0) is 19.4. The van der Waals surface area contributed by atoms with Crippen molar-refractivity contribution in [1.82, 2.24) is 5.32 Å². The van der Waals surface area contributed by atoms with Gasteiger partial charge in [-0.15, -0.1) is 0 Å². The van der Waals surface area contributed by atoms with Gasteiger partial charge in [0.05, 0.1) is 16.4 Å². The van der Waals surface area contributed by atoms with E-state index in [9.17, 15) is 23.3 Å². The summed E-state index contributed by atoms with van der Waals surface area (Å²) in [5.74, 6) is 0.491. The fraction of sp³-hybridized carbons (Fsp3) is 0.125. The molecular weight excluding hydrogens is 392 g/mol. The summed E-state index contributed by atoms with van der Waals surface area (Å²) in [7, 11) is -4.00. The van der Waals surface area contributed by atoms with Crippen LogP contribution >= 0.6 is 11.8 Å². The molecule has 0 spiro atoms. The summed E-state index contributed by atoms with van der Waals surface area (Å²) in [6, 6.07) is 10.6. The fourth-order valence-corrected chi connectivity index (χ4v) is 4.07. The van der Waals surface area contributed by atoms with E-state index in [0.29, 0.717) is 17.3 Å². The van der Waals surface area contributed by atoms with E-state index in [1.807, 2.05) is 0 Å². The number of nitro groups is 1. The van der Waals surface area contributed by atoms with Crippen LogP contribution in [0, 0.1) is 10.1 Å². The molecule has 1 aliphatic rings. The predicted octanol–water partition coefficient (Wildman–Crippen LogP) is 2.23. The highest BCUT2D eigenvalue weighted by atomic mass is 32.2. The van der Waals surface area contributed by atoms with E-state index >= 15 is 0 Å². The van der Waals surface area contributed by atoms with Crippen LogP contribution in [0.5, 0.6) is 0 Å². The number of hydrogen-bond acceptors (Lipinski definition) is 7. The Morgan fingerprint density at radius 2 is 1.93 bits per heavy atom. The number of non-ortho nitro benzene ring substituents is 1. The summed E-state index contributed by atoms with van der Waals surface area (Å²) in [5.41, 5.74) is 0.256. The number of rotatable bonds is 5. The third-order valence-corrected chi connectivity index (χ3v) is 5.81. The Morgan fingerprint density at radius 3 is 2.56 bits per heavy atom. The number of nitrogens with one attached hydrogen (secondary N) is 2. The highest BCUT2D eigenvalue weighted by molar-refractivity contribution is 8.14. The largest absolute Gasteiger partial charge is 0.301 e. The van der Waals surface area contributed by atoms with Gasteiger partial charge in [0.25, 0.3) is 21.6 Å². The quantitative estimate of drug-likeness (QED) is 0.578. The lowest BCUT2D eigenvalue weighted by Gasteiger charge is -2.09. The lowest BCUT2D eigenvalue weighted by Crippen LogP contribution is -2.27. The lowest BCUT2D eigenvalue weighted by molar-refractivity contribution is -0.385. The fourth-order valence-electron chi connectivity index (χ4n) is 2.25. The zero-order valence-corrected chi connectivity index (χ0v) is 15.4. The molecule has 140 valence electrons. The number of hydrogen-bond donors (Lipinski definition) is 2. The number of amides is 1. The van der Waals surface area contributed by atoms with E-state index in [-0.39, 0.29) is 22.2 Å². The van der Waals surface area contributed by atoms with Gasteiger partial charge in [0.1, 0.15) is 0 Å². The number of thioether (sulfide) groups is 1. The summed E-state index contributed by atoms with van der Waals surface area (Å²) in [6.45, 7) is 0.665. The Labute approximate surface area is 159 Å². The van der Waals surface area contributed by atoms with E-state index in [1.165, 1.54) is 54.2 Å². The van der Waals surface area contributed by atoms with E-state index < -0.39 is 14.9 Å². The van der Waals surface area contributed by atoms with Crippen LogP contribution in [0.1, 0.15) is 10.4 Å². The molecule has 1 heterocycles. The van der Waals surface area contributed by atoms with Crippen LogP contribution in [0.3, 0.4) is 0 Å². The molecule has 0 radical (unpaired) electrons. The van der Waals surface area contributed by atoms with Gasteiger partial charge in [-0.3, -0.25) is 24.6 Å². The van der Waals surface area contributed by atoms with Crippen LogP contribution in [0.15, 0.2) is 58.4 Å². The summed E-state index contributed by atoms with van der Waals surface area (Å²) < 4.78 is 27.1. The maximum absolute atomic E-state index is 12.4. The van der Waals surface area contributed by atoms with Gasteiger partial charge < -0.3 is 5.32 Å². The monoisotopic (exact) mass is 406 g/mol. The van der Waals surface area contributed by atoms with Crippen LogP contribution in [0.25, 0.3) is 0 Å². The number of nitro benzene ring substituents is 1. The van der Waals surface area contributed by atoms with Crippen molar-refractivity contribution in [3.05, 3.63) is 64.2 Å². The molecule has 2 aromatic carbocycles. The number of amidine groups is 1. The number of anilines is 1. The minimum Gasteiger partial charge on any atom is -0.301 e. The third kappa shape index (κ3) is 4.63. The molecule has 0 unspecified atom stereocenters. The van der Waals surface area contributed by atoms with E-state index in [1.54, 1.807) is 0 Å². The number of nitrogens with zero attached hydrogens (tertiary/aromatic N) is 2. The van der Waals surface area contributed by atoms with Gasteiger partial charge in [-0.25, -0.2) is 8.42 Å². The van der Waals surface area contributed by atoms with Crippen molar-refractivity contribution in [2.45, 2.75) is 4.90 Å². The molecule has 1 aliphatic heterocycles. The van der Waals surface area contributed by atoms with Crippen molar-refractivity contribution in [3.8, 4) is 0 Å². The molecule has 11 heteroatoms. The average molecular weight is 406 g/mol. The maximum atomic E-state index is 12.4. The number of aliphatic imine (C=N–C) groups is 1. The molecule has 27 heavy (non-hydrogen) atoms. The van der Waals surface area contributed by atoms with Gasteiger partial charge >= 0.3 is 0 Å². The Kier molecular flexibility index (Phi) is 5.42. The standard InChI is InChI=1S/C16H14N4O5S2/c21-15(18-16-17-8-9-26-16)11-4-6-12(7-5-11)19-27(24,25)14-3-1-2-13(10-14)20(22)23/h1-7,10,19H,8-9H2,(H,17,18,21). The number of carbonyl (C=O) groups excluding carboxylic acids is 1. The van der Waals surface area contributed by atoms with Gasteiger partial charge in [-0.2, -0.15) is 0 Å². The minimum absolute atomic E-state index is 0.227. The second kappa shape index (κ2) is 7.76. The molecule has 0 bridgehead atoms. The molecule has 2 aromatic rings. The van der Waals surface area contributed by atoms with Crippen LogP contribution in [0.4, 0.5) is 11.4 Å². The zero-order valence-electron chi connectivity index (χ0n) is 13.8. The van der Waals surface area contributed by atoms with Crippen LogP contribution in [-0.4, -0.2) is 36.7 Å². The molecule has 0 atom stereocenters. The Balaban J connectivity index is 1.72. The van der Waals surface area contributed by atoms with Crippen molar-refractivity contribution >= 4 is 44.2 Å². The molecule has 3 rings (SSSR count). The molecular formula is C16H14N4O5S2. The van der Waals surface area contributed by atoms with Crippen LogP contribution in [0.2, 0.25) is 0 Å². The Morgan fingerprint density at radius 1 is 1.19 bits per heavy atom. The summed E-state index contributed by atoms with van der Waals surface area (Å²) in [4.78, 5) is 26.2. The first-order chi connectivity index (χ1) is 12.8. The van der Waals surface area contributed by atoms with Crippen molar-refractivity contribution < 1.29 is 18.1 Å². The Bertz CT molecular complexity index is 1020. The number of carbonyl (C=O) groups is 1. The number of benzene rings is 2. The second-order valence-corrected chi connectivity index (χ2v) is 8.19. The summed E-state index contributed by atoms with van der Waals surface area (Å²) >= 11 is 1.46. The Hall–Kier alpha value is -2.92. The van der Waals surface area contributed by atoms with Gasteiger partial charge in [0, 0.05) is 29.1 Å². The first kappa shape index (κ1) is 18.9. The predicted molar refractivity (Wildman–Crippen MR) is 103 cm³/mol. The molecule has 0 fully saturated rings. The molecule has 0 aromatic heterocycles. The van der Waals surface area contributed by atoms with Crippen molar-refractivity contribution in [2.24, 2.45) is 4.99 Å². The molecule has 1 amide bonds. The topological polar surface area (TPSA) is 131 Å². The first-order valence-corrected chi connectivity index (χ1v) is 10.2. The van der Waals surface area contributed by atoms with Crippen LogP contribution in [-0.2, 0) is 10.0 Å². The van der Waals surface area contributed by atoms with Crippen molar-refractivity contribution in [1.29, 1.82) is 0 Å². The van der Waals surface area contributed by atoms with E-state index in [2.05, 4.69) is 15.0 Å². The maximum Gasteiger partial charge on any atom is 0.270 e. The summed E-state index contributed by atoms with van der Waals surface area (Å²) in [6.07, 6.45) is 0. The van der Waals surface area contributed by atoms with E-state index in [4.69, 9.17) is 0 Å². The smallest absolute Gasteiger partial charge is 0.270 e. The van der Waals surface area contributed by atoms with Gasteiger partial charge in [-0.1, -0.05) is 17.8 Å². The van der Waals surface area contributed by atoms with Gasteiger partial charge in [-0.05, 0) is 30.3 Å². The SMILES string of the molecule is O=C(NC1=NCCS1)c1ccc(NS(=O)(=O)c2cccc([N+](=O)[O-])c2)cc1. The van der Waals surface area contributed by atoms with Crippen molar-refractivity contribution in [2.75, 3.05) is 17.0 Å². The van der Waals surface area contributed by atoms with Gasteiger partial charge in [0.2, 0.25) is 0 Å². The van der Waals surface area contributed by atoms with Crippen molar-refractivity contribution in [3.63, 3.8) is 0 Å². The van der Waals surface area contributed by atoms with E-state index in [0.717, 1.165) is 11.8 Å². The van der Waals surface area contributed by atoms with Crippen LogP contribution < -0.4 is 10.0 Å². The normalized spacial score (nSPS) is 13.7. The third-order valence-electron chi connectivity index (χ3n) is 3.54. The van der Waals surface area contributed by atoms with Gasteiger partial charge in [0.15, 0.2) is 5.17 Å². The molecule has 2 N–H and O–H groups in total. The average Bonchev–Trinajstić information content (AvgIpc) is 3.15. The summed E-state index contributed by atoms with van der Waals surface area (Å²) in [5, 5.41) is 14.0.